The van der Waals surface area contributed by atoms with Crippen molar-refractivity contribution in [1.29, 1.82) is 0 Å². The number of hydrazine groups is 1. The van der Waals surface area contributed by atoms with Crippen LogP contribution in [0.1, 0.15) is 37.3 Å². The van der Waals surface area contributed by atoms with Gasteiger partial charge in [0.05, 0.1) is 12.3 Å². The molecule has 2 aromatic rings. The van der Waals surface area contributed by atoms with Gasteiger partial charge in [-0.25, -0.2) is 4.39 Å². The smallest absolute Gasteiger partial charge is 0.246 e. The van der Waals surface area contributed by atoms with Crippen LogP contribution in [0.3, 0.4) is 0 Å². The molecule has 0 aliphatic rings. The number of hydrogen-bond donors (Lipinski definition) is 2. The predicted molar refractivity (Wildman–Crippen MR) is 95.0 cm³/mol. The third-order valence-electron chi connectivity index (χ3n) is 4.26. The zero-order valence-electron chi connectivity index (χ0n) is 14.5. The highest BCUT2D eigenvalue weighted by molar-refractivity contribution is 5.87. The van der Waals surface area contributed by atoms with E-state index in [0.717, 1.165) is 12.0 Å². The molecule has 4 nitrogen and oxygen atoms in total. The van der Waals surface area contributed by atoms with Gasteiger partial charge in [0.25, 0.3) is 0 Å². The summed E-state index contributed by atoms with van der Waals surface area (Å²) in [6, 6.07) is 15.2. The van der Waals surface area contributed by atoms with Crippen molar-refractivity contribution < 1.29 is 14.0 Å². The Balaban J connectivity index is 1.96. The van der Waals surface area contributed by atoms with E-state index in [1.165, 1.54) is 12.1 Å². The van der Waals surface area contributed by atoms with E-state index < -0.39 is 0 Å². The van der Waals surface area contributed by atoms with Crippen molar-refractivity contribution >= 4 is 11.8 Å². The van der Waals surface area contributed by atoms with E-state index in [-0.39, 0.29) is 35.9 Å². The average molecular weight is 342 g/mol. The molecule has 25 heavy (non-hydrogen) atoms. The minimum Gasteiger partial charge on any atom is -0.273 e. The lowest BCUT2D eigenvalue weighted by atomic mass is 9.85. The quantitative estimate of drug-likeness (QED) is 0.791. The maximum absolute atomic E-state index is 12.9. The summed E-state index contributed by atoms with van der Waals surface area (Å²) >= 11 is 0. The molecule has 0 aliphatic heterocycles. The number of nitrogens with one attached hydrogen (secondary N) is 2. The van der Waals surface area contributed by atoms with Crippen LogP contribution in [-0.2, 0) is 16.0 Å². The summed E-state index contributed by atoms with van der Waals surface area (Å²) in [5.41, 5.74) is 6.55. The molecule has 0 spiro atoms. The molecule has 5 heteroatoms. The van der Waals surface area contributed by atoms with Gasteiger partial charge < -0.3 is 0 Å². The number of carbonyl (C=O) groups excluding carboxylic acids is 2. The predicted octanol–water partition coefficient (Wildman–Crippen LogP) is 3.35. The molecule has 132 valence electrons. The van der Waals surface area contributed by atoms with Crippen LogP contribution in [0.15, 0.2) is 54.6 Å². The van der Waals surface area contributed by atoms with E-state index in [1.54, 1.807) is 12.1 Å². The van der Waals surface area contributed by atoms with Gasteiger partial charge in [-0.2, -0.15) is 0 Å². The molecule has 2 unspecified atom stereocenters. The Morgan fingerprint density at radius 3 is 2.24 bits per heavy atom. The second-order valence-corrected chi connectivity index (χ2v) is 6.11. The summed E-state index contributed by atoms with van der Waals surface area (Å²) < 4.78 is 12.9. The fraction of sp³-hybridized carbons (Fsp3) is 0.300. The van der Waals surface area contributed by atoms with Crippen LogP contribution in [-0.4, -0.2) is 11.8 Å². The van der Waals surface area contributed by atoms with Gasteiger partial charge in [0.15, 0.2) is 0 Å². The molecule has 0 aliphatic carbocycles. The summed E-state index contributed by atoms with van der Waals surface area (Å²) in [7, 11) is 0. The van der Waals surface area contributed by atoms with Crippen LogP contribution in [0, 0.1) is 11.7 Å². The number of rotatable bonds is 6. The second-order valence-electron chi connectivity index (χ2n) is 6.11. The van der Waals surface area contributed by atoms with E-state index in [4.69, 9.17) is 0 Å². The number of halogens is 1. The zero-order chi connectivity index (χ0) is 18.2. The molecule has 0 fully saturated rings. The van der Waals surface area contributed by atoms with E-state index in [0.29, 0.717) is 5.56 Å². The molecular formula is C20H23FN2O2. The Kier molecular flexibility index (Phi) is 6.69. The summed E-state index contributed by atoms with van der Waals surface area (Å²) in [4.78, 5) is 24.6. The Hall–Kier alpha value is -2.69. The van der Waals surface area contributed by atoms with E-state index >= 15 is 0 Å². The third-order valence-corrected chi connectivity index (χ3v) is 4.26. The van der Waals surface area contributed by atoms with Crippen LogP contribution in [0.5, 0.6) is 0 Å². The fourth-order valence-corrected chi connectivity index (χ4v) is 2.68. The first-order valence-corrected chi connectivity index (χ1v) is 8.39. The molecule has 0 aromatic heterocycles. The van der Waals surface area contributed by atoms with Gasteiger partial charge in [0.1, 0.15) is 5.82 Å². The van der Waals surface area contributed by atoms with Crippen LogP contribution in [0.2, 0.25) is 0 Å². The van der Waals surface area contributed by atoms with Gasteiger partial charge in [-0.15, -0.1) is 0 Å². The largest absolute Gasteiger partial charge is 0.273 e. The average Bonchev–Trinajstić information content (AvgIpc) is 2.63. The van der Waals surface area contributed by atoms with E-state index in [9.17, 15) is 14.0 Å². The molecule has 2 aromatic carbocycles. The molecule has 0 saturated carbocycles. The van der Waals surface area contributed by atoms with Crippen molar-refractivity contribution in [3.63, 3.8) is 0 Å². The molecule has 2 rings (SSSR count). The lowest BCUT2D eigenvalue weighted by Crippen LogP contribution is -2.45. The highest BCUT2D eigenvalue weighted by atomic mass is 19.1. The first-order chi connectivity index (χ1) is 12.0. The summed E-state index contributed by atoms with van der Waals surface area (Å²) in [5, 5.41) is 0. The van der Waals surface area contributed by atoms with Gasteiger partial charge in [-0.1, -0.05) is 62.7 Å². The van der Waals surface area contributed by atoms with E-state index in [1.807, 2.05) is 44.2 Å². The molecule has 2 N–H and O–H groups in total. The normalized spacial score (nSPS) is 12.9. The first kappa shape index (κ1) is 18.6. The topological polar surface area (TPSA) is 58.2 Å². The third kappa shape index (κ3) is 5.41. The zero-order valence-corrected chi connectivity index (χ0v) is 14.5. The number of benzene rings is 2. The van der Waals surface area contributed by atoms with Gasteiger partial charge in [-0.05, 0) is 29.2 Å². The summed E-state index contributed by atoms with van der Waals surface area (Å²) in [6.45, 7) is 4.04. The highest BCUT2D eigenvalue weighted by Gasteiger charge is 2.26. The van der Waals surface area contributed by atoms with Gasteiger partial charge in [0.2, 0.25) is 11.8 Å². The van der Waals surface area contributed by atoms with Crippen molar-refractivity contribution in [2.45, 2.75) is 32.6 Å². The molecule has 0 bridgehead atoms. The Morgan fingerprint density at radius 1 is 1.00 bits per heavy atom. The van der Waals surface area contributed by atoms with Gasteiger partial charge in [0, 0.05) is 0 Å². The van der Waals surface area contributed by atoms with Crippen molar-refractivity contribution in [2.24, 2.45) is 5.92 Å². The minimum absolute atomic E-state index is 0.0693. The summed E-state index contributed by atoms with van der Waals surface area (Å²) in [5.74, 6) is -1.14. The number of carbonyl (C=O) groups is 2. The number of amides is 2. The highest BCUT2D eigenvalue weighted by Crippen LogP contribution is 2.26. The maximum Gasteiger partial charge on any atom is 0.246 e. The standard InChI is InChI=1S/C20H23FN2O2/c1-3-14(2)19(16-7-5-4-6-8-16)20(25)23-22-18(24)13-15-9-11-17(21)12-10-15/h4-12,14,19H,3,13H2,1-2H3,(H,22,24)(H,23,25). The number of hydrogen-bond acceptors (Lipinski definition) is 2. The summed E-state index contributed by atoms with van der Waals surface area (Å²) in [6.07, 6.45) is 0.913. The van der Waals surface area contributed by atoms with Crippen molar-refractivity contribution in [3.8, 4) is 0 Å². The Bertz CT molecular complexity index is 701. The van der Waals surface area contributed by atoms with Crippen LogP contribution >= 0.6 is 0 Å². The molecular weight excluding hydrogens is 319 g/mol. The van der Waals surface area contributed by atoms with Crippen molar-refractivity contribution in [2.75, 3.05) is 0 Å². The minimum atomic E-state index is -0.351. The lowest BCUT2D eigenvalue weighted by Gasteiger charge is -2.22. The molecule has 0 heterocycles. The van der Waals surface area contributed by atoms with Crippen LogP contribution in [0.25, 0.3) is 0 Å². The van der Waals surface area contributed by atoms with Crippen LogP contribution in [0.4, 0.5) is 4.39 Å². The van der Waals surface area contributed by atoms with Crippen molar-refractivity contribution in [3.05, 3.63) is 71.5 Å². The second kappa shape index (κ2) is 8.97. The Labute approximate surface area is 147 Å². The molecule has 2 atom stereocenters. The Morgan fingerprint density at radius 2 is 1.64 bits per heavy atom. The first-order valence-electron chi connectivity index (χ1n) is 8.39. The maximum atomic E-state index is 12.9. The fourth-order valence-electron chi connectivity index (χ4n) is 2.68. The molecule has 0 radical (unpaired) electrons. The van der Waals surface area contributed by atoms with Crippen molar-refractivity contribution in [1.82, 2.24) is 10.9 Å². The van der Waals surface area contributed by atoms with Gasteiger partial charge in [-0.3, -0.25) is 20.4 Å². The monoisotopic (exact) mass is 342 g/mol. The van der Waals surface area contributed by atoms with E-state index in [2.05, 4.69) is 10.9 Å². The lowest BCUT2D eigenvalue weighted by molar-refractivity contribution is -0.130. The van der Waals surface area contributed by atoms with Gasteiger partial charge >= 0.3 is 0 Å². The molecule has 0 saturated heterocycles. The SMILES string of the molecule is CCC(C)C(C(=O)NNC(=O)Cc1ccc(F)cc1)c1ccccc1. The molecule has 2 amide bonds. The van der Waals surface area contributed by atoms with Crippen LogP contribution < -0.4 is 10.9 Å².